The summed E-state index contributed by atoms with van der Waals surface area (Å²) in [5.41, 5.74) is 1.08. The van der Waals surface area contributed by atoms with Crippen molar-refractivity contribution in [3.05, 3.63) is 24.6 Å². The van der Waals surface area contributed by atoms with Crippen LogP contribution in [0.4, 0.5) is 0 Å². The van der Waals surface area contributed by atoms with E-state index >= 15 is 0 Å². The molecule has 0 aliphatic heterocycles. The average molecular weight is 316 g/mol. The number of aryl methyl sites for hydroxylation is 1. The van der Waals surface area contributed by atoms with Crippen LogP contribution in [0, 0.1) is 31.3 Å². The first-order valence-electron chi connectivity index (χ1n) is 8.86. The van der Waals surface area contributed by atoms with Crippen LogP contribution in [0.25, 0.3) is 0 Å². The fraction of sp³-hybridized carbons (Fsp3) is 0.737. The van der Waals surface area contributed by atoms with Gasteiger partial charge in [-0.3, -0.25) is 0 Å². The van der Waals surface area contributed by atoms with Crippen LogP contribution >= 0.6 is 0 Å². The standard InChI is InChI=1S/C18H28N2O.CO/c1-13-3-5-15(6-4-13)16-7-9-17(10-8-16)21-18-19-11-14(2)12-20-18;1-2/h11-13,15-17H,3-10H2,1-2H3;. The first kappa shape index (κ1) is 18.0. The van der Waals surface area contributed by atoms with E-state index in [0.717, 1.165) is 23.3 Å². The Morgan fingerprint density at radius 1 is 0.913 bits per heavy atom. The Bertz CT molecular complexity index is 470. The molecule has 0 saturated heterocycles. The molecule has 2 aliphatic rings. The van der Waals surface area contributed by atoms with E-state index < -0.39 is 0 Å². The maximum absolute atomic E-state index is 7.50. The summed E-state index contributed by atoms with van der Waals surface area (Å²) in [4.78, 5) is 8.51. The fourth-order valence-electron chi connectivity index (χ4n) is 4.03. The van der Waals surface area contributed by atoms with Gasteiger partial charge in [0.2, 0.25) is 0 Å². The van der Waals surface area contributed by atoms with Crippen LogP contribution in [0.3, 0.4) is 0 Å². The van der Waals surface area contributed by atoms with Crippen molar-refractivity contribution in [2.45, 2.75) is 71.3 Å². The predicted octanol–water partition coefficient (Wildman–Crippen LogP) is 4.51. The van der Waals surface area contributed by atoms with E-state index in [-0.39, 0.29) is 0 Å². The van der Waals surface area contributed by atoms with Crippen molar-refractivity contribution in [2.24, 2.45) is 17.8 Å². The Morgan fingerprint density at radius 2 is 1.39 bits per heavy atom. The Labute approximate surface area is 139 Å². The van der Waals surface area contributed by atoms with Crippen LogP contribution in [0.1, 0.15) is 63.9 Å². The van der Waals surface area contributed by atoms with Gasteiger partial charge in [0.1, 0.15) is 6.10 Å². The zero-order chi connectivity index (χ0) is 16.7. The van der Waals surface area contributed by atoms with E-state index in [4.69, 9.17) is 9.39 Å². The molecular formula is C19H28N2O2. The number of nitrogens with zero attached hydrogens (tertiary/aromatic N) is 2. The number of aromatic nitrogens is 2. The molecular weight excluding hydrogens is 288 g/mol. The molecule has 1 heterocycles. The summed E-state index contributed by atoms with van der Waals surface area (Å²) in [7, 11) is 0. The SMILES string of the molecule is Cc1cnc(OC2CCC(C3CCC(C)CC3)CC2)nc1.[C-]#[O+]. The summed E-state index contributed by atoms with van der Waals surface area (Å²) in [6.07, 6.45) is 14.8. The average Bonchev–Trinajstić information content (AvgIpc) is 2.60. The van der Waals surface area contributed by atoms with Crippen molar-refractivity contribution in [2.75, 3.05) is 0 Å². The minimum atomic E-state index is 0.325. The molecule has 0 radical (unpaired) electrons. The van der Waals surface area contributed by atoms with Gasteiger partial charge in [-0.15, -0.1) is 0 Å². The zero-order valence-electron chi connectivity index (χ0n) is 14.3. The number of ether oxygens (including phenoxy) is 1. The first-order valence-corrected chi connectivity index (χ1v) is 8.86. The molecule has 23 heavy (non-hydrogen) atoms. The van der Waals surface area contributed by atoms with E-state index in [0.29, 0.717) is 12.1 Å². The van der Waals surface area contributed by atoms with Gasteiger partial charge < -0.3 is 4.74 Å². The monoisotopic (exact) mass is 316 g/mol. The van der Waals surface area contributed by atoms with Gasteiger partial charge in [0.15, 0.2) is 0 Å². The Balaban J connectivity index is 0.000000924. The predicted molar refractivity (Wildman–Crippen MR) is 88.2 cm³/mol. The van der Waals surface area contributed by atoms with Crippen LogP contribution in [-0.2, 0) is 4.65 Å². The molecule has 4 nitrogen and oxygen atoms in total. The van der Waals surface area contributed by atoms with Crippen molar-refractivity contribution in [1.82, 2.24) is 9.97 Å². The summed E-state index contributed by atoms with van der Waals surface area (Å²) < 4.78 is 13.4. The third-order valence-electron chi connectivity index (χ3n) is 5.48. The number of hydrogen-bond acceptors (Lipinski definition) is 3. The molecule has 2 aliphatic carbocycles. The Morgan fingerprint density at radius 3 is 1.91 bits per heavy atom. The Kier molecular flexibility index (Phi) is 7.07. The van der Waals surface area contributed by atoms with E-state index in [1.807, 2.05) is 19.3 Å². The van der Waals surface area contributed by atoms with Gasteiger partial charge >= 0.3 is 17.3 Å². The summed E-state index contributed by atoms with van der Waals surface area (Å²) in [5.74, 6) is 2.88. The van der Waals surface area contributed by atoms with Crippen LogP contribution in [0.5, 0.6) is 6.01 Å². The van der Waals surface area contributed by atoms with E-state index in [2.05, 4.69) is 23.5 Å². The summed E-state index contributed by atoms with van der Waals surface area (Å²) in [6, 6.07) is 0.551. The molecule has 0 N–H and O–H groups in total. The molecule has 0 aromatic carbocycles. The molecule has 126 valence electrons. The Hall–Kier alpha value is -1.38. The number of hydrogen-bond donors (Lipinski definition) is 0. The molecule has 0 spiro atoms. The molecule has 0 amide bonds. The topological polar surface area (TPSA) is 54.9 Å². The van der Waals surface area contributed by atoms with Crippen LogP contribution in [0.15, 0.2) is 12.4 Å². The van der Waals surface area contributed by atoms with Gasteiger partial charge in [0.05, 0.1) is 0 Å². The van der Waals surface area contributed by atoms with Crippen molar-refractivity contribution in [1.29, 1.82) is 0 Å². The normalized spacial score (nSPS) is 30.8. The van der Waals surface area contributed by atoms with Crippen LogP contribution in [0.2, 0.25) is 0 Å². The quantitative estimate of drug-likeness (QED) is 0.609. The molecule has 0 atom stereocenters. The van der Waals surface area contributed by atoms with Gasteiger partial charge in [-0.25, -0.2) is 9.97 Å². The molecule has 3 rings (SSSR count). The molecule has 0 unspecified atom stereocenters. The second-order valence-electron chi connectivity index (χ2n) is 7.22. The van der Waals surface area contributed by atoms with Crippen molar-refractivity contribution < 1.29 is 9.39 Å². The molecule has 0 bridgehead atoms. The van der Waals surface area contributed by atoms with Gasteiger partial charge in [-0.1, -0.05) is 19.8 Å². The van der Waals surface area contributed by atoms with E-state index in [1.54, 1.807) is 0 Å². The maximum atomic E-state index is 7.50. The molecule has 4 heteroatoms. The van der Waals surface area contributed by atoms with E-state index in [1.165, 1.54) is 51.4 Å². The van der Waals surface area contributed by atoms with Gasteiger partial charge in [-0.05, 0) is 68.8 Å². The molecule has 1 aromatic rings. The molecule has 1 aromatic heterocycles. The van der Waals surface area contributed by atoms with Gasteiger partial charge in [0, 0.05) is 12.4 Å². The van der Waals surface area contributed by atoms with Crippen molar-refractivity contribution >= 4 is 0 Å². The third kappa shape index (κ3) is 5.33. The number of rotatable bonds is 3. The van der Waals surface area contributed by atoms with Crippen LogP contribution in [-0.4, -0.2) is 16.1 Å². The summed E-state index contributed by atoms with van der Waals surface area (Å²) in [5, 5.41) is 0. The second kappa shape index (κ2) is 9.05. The van der Waals surface area contributed by atoms with Crippen LogP contribution < -0.4 is 4.74 Å². The minimum absolute atomic E-state index is 0.325. The fourth-order valence-corrected chi connectivity index (χ4v) is 4.03. The summed E-state index contributed by atoms with van der Waals surface area (Å²) >= 11 is 0. The van der Waals surface area contributed by atoms with Gasteiger partial charge in [-0.2, -0.15) is 0 Å². The van der Waals surface area contributed by atoms with E-state index in [9.17, 15) is 0 Å². The van der Waals surface area contributed by atoms with Crippen molar-refractivity contribution in [3.8, 4) is 6.01 Å². The summed E-state index contributed by atoms with van der Waals surface area (Å²) in [6.45, 7) is 8.91. The van der Waals surface area contributed by atoms with Gasteiger partial charge in [0.25, 0.3) is 0 Å². The first-order chi connectivity index (χ1) is 11.2. The molecule has 2 fully saturated rings. The third-order valence-corrected chi connectivity index (χ3v) is 5.48. The molecule has 2 saturated carbocycles. The second-order valence-corrected chi connectivity index (χ2v) is 7.22. The van der Waals surface area contributed by atoms with Crippen molar-refractivity contribution in [3.63, 3.8) is 0 Å². The zero-order valence-corrected chi connectivity index (χ0v) is 14.3.